The Morgan fingerprint density at radius 3 is 2.41 bits per heavy atom. The second kappa shape index (κ2) is 8.77. The molecule has 1 aliphatic rings. The molecule has 1 heterocycles. The van der Waals surface area contributed by atoms with E-state index in [2.05, 4.69) is 10.6 Å². The molecule has 1 fully saturated rings. The van der Waals surface area contributed by atoms with Crippen LogP contribution < -0.4 is 10.6 Å². The molecule has 0 amide bonds. The van der Waals surface area contributed by atoms with Crippen LogP contribution in [0.25, 0.3) is 0 Å². The van der Waals surface area contributed by atoms with E-state index < -0.39 is 10.0 Å². The normalized spacial score (nSPS) is 15.3. The molecule has 0 aliphatic carbocycles. The van der Waals surface area contributed by atoms with Crippen LogP contribution in [0.15, 0.2) is 53.4 Å². The summed E-state index contributed by atoms with van der Waals surface area (Å²) in [6, 6.07) is 13.7. The maximum atomic E-state index is 12.6. The topological polar surface area (TPSA) is 90.9 Å². The first kappa shape index (κ1) is 19.7. The quantitative estimate of drug-likeness (QED) is 0.653. The van der Waals surface area contributed by atoms with Crippen molar-refractivity contribution in [3.05, 3.63) is 54.1 Å². The molecule has 3 N–H and O–H groups in total. The molecule has 144 valence electrons. The van der Waals surface area contributed by atoms with E-state index in [1.165, 1.54) is 4.31 Å². The Labute approximate surface area is 164 Å². The van der Waals surface area contributed by atoms with Gasteiger partial charge in [0.15, 0.2) is 5.11 Å². The van der Waals surface area contributed by atoms with Gasteiger partial charge in [-0.1, -0.05) is 18.2 Å². The SMILES string of the molecule is O=S(=O)(c1ccc(NC(=S)Nc2ccccc2CO)cc1)N1CCOCC1. The van der Waals surface area contributed by atoms with Crippen LogP contribution in [0.3, 0.4) is 0 Å². The van der Waals surface area contributed by atoms with Gasteiger partial charge in [0.2, 0.25) is 10.0 Å². The van der Waals surface area contributed by atoms with Gasteiger partial charge < -0.3 is 20.5 Å². The Morgan fingerprint density at radius 2 is 1.74 bits per heavy atom. The number of ether oxygens (including phenoxy) is 1. The average molecular weight is 408 g/mol. The van der Waals surface area contributed by atoms with Crippen LogP contribution in [0.1, 0.15) is 5.56 Å². The highest BCUT2D eigenvalue weighted by atomic mass is 32.2. The summed E-state index contributed by atoms with van der Waals surface area (Å²) in [5.41, 5.74) is 2.10. The molecule has 27 heavy (non-hydrogen) atoms. The first-order valence-electron chi connectivity index (χ1n) is 8.45. The van der Waals surface area contributed by atoms with Gasteiger partial charge in [0, 0.05) is 30.0 Å². The fourth-order valence-corrected chi connectivity index (χ4v) is 4.35. The van der Waals surface area contributed by atoms with E-state index in [1.54, 1.807) is 30.3 Å². The van der Waals surface area contributed by atoms with E-state index in [0.717, 1.165) is 5.56 Å². The van der Waals surface area contributed by atoms with Crippen molar-refractivity contribution in [1.29, 1.82) is 0 Å². The number of morpholine rings is 1. The zero-order chi connectivity index (χ0) is 19.3. The first-order chi connectivity index (χ1) is 13.0. The number of hydrogen-bond donors (Lipinski definition) is 3. The second-order valence-corrected chi connectivity index (χ2v) is 8.28. The van der Waals surface area contributed by atoms with E-state index in [0.29, 0.717) is 42.8 Å². The standard InChI is InChI=1S/C18H21N3O4S2/c22-13-14-3-1-2-4-17(14)20-18(26)19-15-5-7-16(8-6-15)27(23,24)21-9-11-25-12-10-21/h1-8,22H,9-13H2,(H2,19,20,26). The van der Waals surface area contributed by atoms with Gasteiger partial charge in [-0.3, -0.25) is 0 Å². The van der Waals surface area contributed by atoms with Crippen molar-refractivity contribution in [2.45, 2.75) is 11.5 Å². The highest BCUT2D eigenvalue weighted by Gasteiger charge is 2.26. The number of para-hydroxylation sites is 1. The number of nitrogens with one attached hydrogen (secondary N) is 2. The van der Waals surface area contributed by atoms with Crippen LogP contribution in [-0.4, -0.2) is 49.2 Å². The predicted octanol–water partition coefficient (Wildman–Crippen LogP) is 2.01. The molecule has 2 aromatic rings. The molecule has 2 aromatic carbocycles. The third-order valence-electron chi connectivity index (χ3n) is 4.16. The lowest BCUT2D eigenvalue weighted by atomic mass is 10.2. The summed E-state index contributed by atoms with van der Waals surface area (Å²) in [5.74, 6) is 0. The van der Waals surface area contributed by atoms with Gasteiger partial charge in [-0.15, -0.1) is 0 Å². The first-order valence-corrected chi connectivity index (χ1v) is 10.3. The van der Waals surface area contributed by atoms with Crippen LogP contribution in [-0.2, 0) is 21.4 Å². The third kappa shape index (κ3) is 4.82. The summed E-state index contributed by atoms with van der Waals surface area (Å²) in [6.45, 7) is 1.45. The lowest BCUT2D eigenvalue weighted by Crippen LogP contribution is -2.40. The van der Waals surface area contributed by atoms with E-state index >= 15 is 0 Å². The van der Waals surface area contributed by atoms with Crippen LogP contribution in [0.4, 0.5) is 11.4 Å². The molecular weight excluding hydrogens is 386 g/mol. The maximum Gasteiger partial charge on any atom is 0.243 e. The number of hydrogen-bond acceptors (Lipinski definition) is 5. The number of aliphatic hydroxyl groups excluding tert-OH is 1. The average Bonchev–Trinajstić information content (AvgIpc) is 2.69. The van der Waals surface area contributed by atoms with Gasteiger partial charge in [-0.2, -0.15) is 4.31 Å². The minimum Gasteiger partial charge on any atom is -0.392 e. The monoisotopic (exact) mass is 407 g/mol. The second-order valence-electron chi connectivity index (χ2n) is 5.94. The lowest BCUT2D eigenvalue weighted by Gasteiger charge is -2.26. The smallest absolute Gasteiger partial charge is 0.243 e. The van der Waals surface area contributed by atoms with Crippen molar-refractivity contribution in [3.8, 4) is 0 Å². The summed E-state index contributed by atoms with van der Waals surface area (Å²) in [6.07, 6.45) is 0. The zero-order valence-corrected chi connectivity index (χ0v) is 16.2. The minimum atomic E-state index is -3.52. The van der Waals surface area contributed by atoms with Crippen LogP contribution in [0.2, 0.25) is 0 Å². The van der Waals surface area contributed by atoms with Crippen molar-refractivity contribution < 1.29 is 18.3 Å². The molecule has 3 rings (SSSR count). The van der Waals surface area contributed by atoms with Gasteiger partial charge in [-0.25, -0.2) is 8.42 Å². The molecule has 1 saturated heterocycles. The summed E-state index contributed by atoms with van der Waals surface area (Å²) >= 11 is 5.29. The maximum absolute atomic E-state index is 12.6. The Bertz CT molecular complexity index is 895. The van der Waals surface area contributed by atoms with Crippen molar-refractivity contribution in [2.24, 2.45) is 0 Å². The highest BCUT2D eigenvalue weighted by Crippen LogP contribution is 2.20. The molecule has 0 saturated carbocycles. The Balaban J connectivity index is 1.66. The number of nitrogens with zero attached hydrogens (tertiary/aromatic N) is 1. The zero-order valence-electron chi connectivity index (χ0n) is 14.6. The Hall–Kier alpha value is -2.04. The van der Waals surface area contributed by atoms with E-state index in [4.69, 9.17) is 17.0 Å². The summed E-state index contributed by atoms with van der Waals surface area (Å²) in [7, 11) is -3.52. The largest absolute Gasteiger partial charge is 0.392 e. The van der Waals surface area contributed by atoms with Gasteiger partial charge in [-0.05, 0) is 42.5 Å². The van der Waals surface area contributed by atoms with Gasteiger partial charge in [0.05, 0.1) is 24.7 Å². The predicted molar refractivity (Wildman–Crippen MR) is 108 cm³/mol. The molecule has 0 bridgehead atoms. The summed E-state index contributed by atoms with van der Waals surface area (Å²) in [5, 5.41) is 15.7. The number of anilines is 2. The molecule has 0 aromatic heterocycles. The van der Waals surface area contributed by atoms with E-state index in [1.807, 2.05) is 18.2 Å². The van der Waals surface area contributed by atoms with Gasteiger partial charge >= 0.3 is 0 Å². The molecule has 0 radical (unpaired) electrons. The molecule has 0 spiro atoms. The van der Waals surface area contributed by atoms with E-state index in [9.17, 15) is 13.5 Å². The summed E-state index contributed by atoms with van der Waals surface area (Å²) in [4.78, 5) is 0.236. The molecule has 7 nitrogen and oxygen atoms in total. The summed E-state index contributed by atoms with van der Waals surface area (Å²) < 4.78 is 31.9. The van der Waals surface area contributed by atoms with Gasteiger partial charge in [0.25, 0.3) is 0 Å². The number of rotatable bonds is 5. The van der Waals surface area contributed by atoms with Gasteiger partial charge in [0.1, 0.15) is 0 Å². The van der Waals surface area contributed by atoms with Crippen LogP contribution in [0, 0.1) is 0 Å². The van der Waals surface area contributed by atoms with Crippen molar-refractivity contribution >= 4 is 38.7 Å². The minimum absolute atomic E-state index is 0.0973. The molecule has 9 heteroatoms. The number of thiocarbonyl (C=S) groups is 1. The van der Waals surface area contributed by atoms with Crippen LogP contribution in [0.5, 0.6) is 0 Å². The van der Waals surface area contributed by atoms with Crippen molar-refractivity contribution in [1.82, 2.24) is 4.31 Å². The van der Waals surface area contributed by atoms with Crippen molar-refractivity contribution in [2.75, 3.05) is 36.9 Å². The van der Waals surface area contributed by atoms with E-state index in [-0.39, 0.29) is 11.5 Å². The Morgan fingerprint density at radius 1 is 1.07 bits per heavy atom. The number of sulfonamides is 1. The fraction of sp³-hybridized carbons (Fsp3) is 0.278. The molecular formula is C18H21N3O4S2. The fourth-order valence-electron chi connectivity index (χ4n) is 2.71. The molecule has 0 atom stereocenters. The number of benzene rings is 2. The highest BCUT2D eigenvalue weighted by molar-refractivity contribution is 7.89. The Kier molecular flexibility index (Phi) is 6.40. The molecule has 0 unspecified atom stereocenters. The number of aliphatic hydroxyl groups is 1. The van der Waals surface area contributed by atoms with Crippen LogP contribution >= 0.6 is 12.2 Å². The van der Waals surface area contributed by atoms with Crippen molar-refractivity contribution in [3.63, 3.8) is 0 Å². The molecule has 1 aliphatic heterocycles. The lowest BCUT2D eigenvalue weighted by molar-refractivity contribution is 0.0730. The third-order valence-corrected chi connectivity index (χ3v) is 6.27.